The molecule has 1 aliphatic heterocycles. The molecule has 1 saturated carbocycles. The van der Waals surface area contributed by atoms with E-state index in [9.17, 15) is 9.90 Å². The lowest BCUT2D eigenvalue weighted by atomic mass is 9.81. The summed E-state index contributed by atoms with van der Waals surface area (Å²) < 4.78 is 0. The molecule has 1 heterocycles. The third-order valence-electron chi connectivity index (χ3n) is 4.95. The van der Waals surface area contributed by atoms with Gasteiger partial charge in [-0.05, 0) is 37.1 Å². The molecule has 1 amide bonds. The van der Waals surface area contributed by atoms with Gasteiger partial charge in [-0.2, -0.15) is 0 Å². The van der Waals surface area contributed by atoms with Gasteiger partial charge in [0.2, 0.25) is 5.91 Å². The maximum Gasteiger partial charge on any atom is 0.242 e. The van der Waals surface area contributed by atoms with Crippen molar-refractivity contribution in [3.8, 4) is 5.75 Å². The first-order valence-corrected chi connectivity index (χ1v) is 8.21. The topological polar surface area (TPSA) is 69.8 Å². The third-order valence-corrected chi connectivity index (χ3v) is 4.95. The fraction of sp³-hybridized carbons (Fsp3) is 0.588. The Bertz CT molecular complexity index is 525. The highest BCUT2D eigenvalue weighted by Crippen LogP contribution is 2.28. The molecule has 1 saturated heterocycles. The Morgan fingerprint density at radius 1 is 0.958 bits per heavy atom. The van der Waals surface area contributed by atoms with Crippen molar-refractivity contribution in [2.45, 2.75) is 37.6 Å². The summed E-state index contributed by atoms with van der Waals surface area (Å²) in [4.78, 5) is 16.9. The summed E-state index contributed by atoms with van der Waals surface area (Å²) in [5.41, 5.74) is 6.83. The zero-order valence-electron chi connectivity index (χ0n) is 13.8. The number of hydrogen-bond acceptors (Lipinski definition) is 4. The highest BCUT2D eigenvalue weighted by atomic mass is 35.5. The normalized spacial score (nSPS) is 19.9. The van der Waals surface area contributed by atoms with Crippen molar-refractivity contribution in [3.63, 3.8) is 0 Å². The molecule has 2 fully saturated rings. The number of hydrogen-bond donors (Lipinski definition) is 2. The molecule has 1 aromatic rings. The Labute approximate surface area is 156 Å². The van der Waals surface area contributed by atoms with Gasteiger partial charge in [0.25, 0.3) is 0 Å². The summed E-state index contributed by atoms with van der Waals surface area (Å²) in [6, 6.07) is 7.23. The summed E-state index contributed by atoms with van der Waals surface area (Å²) in [6.45, 7) is 3.07. The number of aromatic hydroxyl groups is 1. The molecule has 0 spiro atoms. The zero-order valence-corrected chi connectivity index (χ0v) is 15.5. The van der Waals surface area contributed by atoms with Gasteiger partial charge < -0.3 is 20.6 Å². The number of piperazine rings is 1. The van der Waals surface area contributed by atoms with Gasteiger partial charge in [-0.15, -0.1) is 24.8 Å². The largest absolute Gasteiger partial charge is 0.508 e. The Balaban J connectivity index is 0.00000144. The number of halogens is 2. The second-order valence-corrected chi connectivity index (χ2v) is 6.51. The van der Waals surface area contributed by atoms with Gasteiger partial charge in [0.1, 0.15) is 5.75 Å². The smallest absolute Gasteiger partial charge is 0.242 e. The van der Waals surface area contributed by atoms with Crippen molar-refractivity contribution in [3.05, 3.63) is 24.3 Å². The van der Waals surface area contributed by atoms with Gasteiger partial charge in [0.15, 0.2) is 0 Å². The first kappa shape index (κ1) is 20.9. The molecule has 0 aromatic heterocycles. The van der Waals surface area contributed by atoms with Gasteiger partial charge in [0.05, 0.1) is 5.54 Å². The van der Waals surface area contributed by atoms with Crippen molar-refractivity contribution in [1.29, 1.82) is 0 Å². The number of carbonyl (C=O) groups excluding carboxylic acids is 1. The van der Waals surface area contributed by atoms with Crippen molar-refractivity contribution >= 4 is 36.4 Å². The number of phenolic OH excluding ortho intramolecular Hbond substituents is 1. The number of phenols is 1. The first-order chi connectivity index (χ1) is 10.6. The van der Waals surface area contributed by atoms with Crippen LogP contribution in [0.1, 0.15) is 32.1 Å². The van der Waals surface area contributed by atoms with E-state index in [4.69, 9.17) is 5.73 Å². The highest BCUT2D eigenvalue weighted by molar-refractivity contribution is 5.86. The first-order valence-electron chi connectivity index (χ1n) is 8.21. The predicted molar refractivity (Wildman–Crippen MR) is 101 cm³/mol. The van der Waals surface area contributed by atoms with Crippen LogP contribution < -0.4 is 10.6 Å². The minimum atomic E-state index is -0.626. The lowest BCUT2D eigenvalue weighted by molar-refractivity contribution is -0.138. The van der Waals surface area contributed by atoms with E-state index in [0.29, 0.717) is 0 Å². The van der Waals surface area contributed by atoms with Gasteiger partial charge >= 0.3 is 0 Å². The summed E-state index contributed by atoms with van der Waals surface area (Å²) >= 11 is 0. The summed E-state index contributed by atoms with van der Waals surface area (Å²) in [6.07, 6.45) is 4.97. The van der Waals surface area contributed by atoms with Crippen LogP contribution in [-0.2, 0) is 4.79 Å². The molecule has 3 rings (SSSR count). The number of nitrogens with zero attached hydrogens (tertiary/aromatic N) is 2. The van der Waals surface area contributed by atoms with E-state index in [0.717, 1.165) is 57.5 Å². The number of nitrogens with two attached hydrogens (primary N) is 1. The molecule has 1 aliphatic carbocycles. The van der Waals surface area contributed by atoms with E-state index in [1.54, 1.807) is 12.1 Å². The minimum absolute atomic E-state index is 0. The zero-order chi connectivity index (χ0) is 15.6. The van der Waals surface area contributed by atoms with Crippen LogP contribution in [0.4, 0.5) is 5.69 Å². The second-order valence-electron chi connectivity index (χ2n) is 6.51. The molecular weight excluding hydrogens is 349 g/mol. The molecule has 136 valence electrons. The predicted octanol–water partition coefficient (Wildman–Crippen LogP) is 2.55. The molecule has 5 nitrogen and oxygen atoms in total. The van der Waals surface area contributed by atoms with Gasteiger partial charge in [-0.25, -0.2) is 0 Å². The van der Waals surface area contributed by atoms with Crippen LogP contribution in [0.2, 0.25) is 0 Å². The standard InChI is InChI=1S/C17H25N3O2.2ClH/c18-17(8-2-1-3-9-17)16(22)20-12-10-19(11-13-20)14-4-6-15(21)7-5-14;;/h4-7,21H,1-3,8-13,18H2;2*1H. The number of anilines is 1. The number of rotatable bonds is 2. The van der Waals surface area contributed by atoms with Crippen LogP contribution in [0, 0.1) is 0 Å². The van der Waals surface area contributed by atoms with Crippen molar-refractivity contribution in [2.24, 2.45) is 5.73 Å². The molecule has 0 atom stereocenters. The molecule has 0 radical (unpaired) electrons. The van der Waals surface area contributed by atoms with E-state index < -0.39 is 5.54 Å². The minimum Gasteiger partial charge on any atom is -0.508 e. The molecular formula is C17H27Cl2N3O2. The maximum atomic E-state index is 12.7. The lowest BCUT2D eigenvalue weighted by Gasteiger charge is -2.41. The molecule has 0 bridgehead atoms. The Hall–Kier alpha value is -1.17. The summed E-state index contributed by atoms with van der Waals surface area (Å²) in [5, 5.41) is 9.36. The average Bonchev–Trinajstić information content (AvgIpc) is 2.56. The fourth-order valence-electron chi connectivity index (χ4n) is 3.54. The van der Waals surface area contributed by atoms with Crippen LogP contribution in [0.5, 0.6) is 5.75 Å². The molecule has 2 aliphatic rings. The van der Waals surface area contributed by atoms with Crippen LogP contribution in [0.3, 0.4) is 0 Å². The van der Waals surface area contributed by atoms with Crippen LogP contribution in [0.15, 0.2) is 24.3 Å². The molecule has 0 unspecified atom stereocenters. The molecule has 24 heavy (non-hydrogen) atoms. The Morgan fingerprint density at radius 2 is 1.50 bits per heavy atom. The number of amides is 1. The van der Waals surface area contributed by atoms with Crippen LogP contribution in [0.25, 0.3) is 0 Å². The van der Waals surface area contributed by atoms with E-state index >= 15 is 0 Å². The Morgan fingerprint density at radius 3 is 2.04 bits per heavy atom. The van der Waals surface area contributed by atoms with Crippen molar-refractivity contribution < 1.29 is 9.90 Å². The molecule has 3 N–H and O–H groups in total. The summed E-state index contributed by atoms with van der Waals surface area (Å²) in [5.74, 6) is 0.414. The number of benzene rings is 1. The van der Waals surface area contributed by atoms with E-state index in [2.05, 4.69) is 4.90 Å². The van der Waals surface area contributed by atoms with Gasteiger partial charge in [0, 0.05) is 31.9 Å². The highest BCUT2D eigenvalue weighted by Gasteiger charge is 2.39. The third kappa shape index (κ3) is 4.47. The monoisotopic (exact) mass is 375 g/mol. The SMILES string of the molecule is Cl.Cl.NC1(C(=O)N2CCN(c3ccc(O)cc3)CC2)CCCCC1. The maximum absolute atomic E-state index is 12.7. The average molecular weight is 376 g/mol. The van der Waals surface area contributed by atoms with Gasteiger partial charge in [-0.1, -0.05) is 19.3 Å². The van der Waals surface area contributed by atoms with E-state index in [1.807, 2.05) is 17.0 Å². The molecule has 1 aromatic carbocycles. The van der Waals surface area contributed by atoms with E-state index in [-0.39, 0.29) is 36.5 Å². The summed E-state index contributed by atoms with van der Waals surface area (Å²) in [7, 11) is 0. The van der Waals surface area contributed by atoms with Crippen LogP contribution >= 0.6 is 24.8 Å². The Kier molecular flexibility index (Phi) is 7.64. The van der Waals surface area contributed by atoms with Crippen LogP contribution in [-0.4, -0.2) is 47.6 Å². The van der Waals surface area contributed by atoms with Gasteiger partial charge in [-0.3, -0.25) is 4.79 Å². The van der Waals surface area contributed by atoms with Crippen molar-refractivity contribution in [2.75, 3.05) is 31.1 Å². The molecule has 7 heteroatoms. The number of carbonyl (C=O) groups is 1. The second kappa shape index (κ2) is 8.79. The quantitative estimate of drug-likeness (QED) is 0.832. The fourth-order valence-corrected chi connectivity index (χ4v) is 3.54. The van der Waals surface area contributed by atoms with E-state index in [1.165, 1.54) is 6.42 Å². The van der Waals surface area contributed by atoms with Crippen molar-refractivity contribution in [1.82, 2.24) is 4.90 Å². The lowest BCUT2D eigenvalue weighted by Crippen LogP contribution is -2.60.